The van der Waals surface area contributed by atoms with Gasteiger partial charge in [-0.05, 0) is 55.7 Å². The summed E-state index contributed by atoms with van der Waals surface area (Å²) in [6.45, 7) is 4.67. The fourth-order valence-corrected chi connectivity index (χ4v) is 5.16. The highest BCUT2D eigenvalue weighted by molar-refractivity contribution is 7.91. The first-order valence-corrected chi connectivity index (χ1v) is 11.6. The number of hydrogen-bond donors (Lipinski definition) is 0. The molecule has 2 aromatic rings. The molecule has 1 saturated heterocycles. The molecule has 0 aliphatic carbocycles. The number of rotatable bonds is 8. The highest BCUT2D eigenvalue weighted by Gasteiger charge is 2.34. The summed E-state index contributed by atoms with van der Waals surface area (Å²) in [7, 11) is -3.11. The molecule has 0 spiro atoms. The van der Waals surface area contributed by atoms with Crippen LogP contribution in [0.1, 0.15) is 24.5 Å². The molecule has 1 heterocycles. The Kier molecular flexibility index (Phi) is 6.79. The third-order valence-electron chi connectivity index (χ3n) is 4.91. The molecule has 1 aliphatic heterocycles. The van der Waals surface area contributed by atoms with E-state index in [0.717, 1.165) is 16.9 Å². The van der Waals surface area contributed by atoms with Crippen molar-refractivity contribution in [2.45, 2.75) is 32.9 Å². The van der Waals surface area contributed by atoms with Crippen LogP contribution in [0.5, 0.6) is 11.5 Å². The second-order valence-electron chi connectivity index (χ2n) is 7.26. The molecule has 1 fully saturated rings. The standard InChI is InChI=1S/C22H27NO5S/c1-3-27-20-9-7-18(8-10-20)14-23(19-11-12-29(25,26)16-19)22(24)15-28-21-6-4-5-17(2)13-21/h4-10,13,19H,3,11-12,14-16H2,1-2H3. The molecule has 1 amide bonds. The van der Waals surface area contributed by atoms with E-state index in [2.05, 4.69) is 0 Å². The molecule has 3 rings (SSSR count). The highest BCUT2D eigenvalue weighted by Crippen LogP contribution is 2.22. The fourth-order valence-electron chi connectivity index (χ4n) is 3.43. The van der Waals surface area contributed by atoms with E-state index in [9.17, 15) is 13.2 Å². The first-order chi connectivity index (χ1) is 13.9. The Hall–Kier alpha value is -2.54. The van der Waals surface area contributed by atoms with E-state index in [1.54, 1.807) is 11.0 Å². The molecular weight excluding hydrogens is 390 g/mol. The monoisotopic (exact) mass is 417 g/mol. The Labute approximate surface area is 172 Å². The van der Waals surface area contributed by atoms with Crippen molar-refractivity contribution in [3.8, 4) is 11.5 Å². The fraction of sp³-hybridized carbons (Fsp3) is 0.409. The Bertz CT molecular complexity index is 940. The zero-order valence-electron chi connectivity index (χ0n) is 16.8. The minimum absolute atomic E-state index is 0.000213. The van der Waals surface area contributed by atoms with Crippen molar-refractivity contribution in [1.82, 2.24) is 4.90 Å². The van der Waals surface area contributed by atoms with Crippen LogP contribution in [0.3, 0.4) is 0 Å². The second kappa shape index (κ2) is 9.31. The minimum atomic E-state index is -3.11. The zero-order valence-corrected chi connectivity index (χ0v) is 17.7. The summed E-state index contributed by atoms with van der Waals surface area (Å²) < 4.78 is 35.1. The lowest BCUT2D eigenvalue weighted by Crippen LogP contribution is -2.43. The maximum Gasteiger partial charge on any atom is 0.261 e. The van der Waals surface area contributed by atoms with Crippen LogP contribution in [0.4, 0.5) is 0 Å². The molecule has 0 bridgehead atoms. The topological polar surface area (TPSA) is 72.9 Å². The lowest BCUT2D eigenvalue weighted by Gasteiger charge is -2.28. The molecule has 0 radical (unpaired) electrons. The number of nitrogens with zero attached hydrogens (tertiary/aromatic N) is 1. The Morgan fingerprint density at radius 3 is 2.48 bits per heavy atom. The van der Waals surface area contributed by atoms with Gasteiger partial charge in [0.15, 0.2) is 16.4 Å². The van der Waals surface area contributed by atoms with Gasteiger partial charge in [-0.15, -0.1) is 0 Å². The van der Waals surface area contributed by atoms with Crippen LogP contribution in [0, 0.1) is 6.92 Å². The van der Waals surface area contributed by atoms with Gasteiger partial charge in [0.25, 0.3) is 5.91 Å². The maximum absolute atomic E-state index is 13.0. The van der Waals surface area contributed by atoms with Crippen molar-refractivity contribution in [1.29, 1.82) is 0 Å². The van der Waals surface area contributed by atoms with Gasteiger partial charge in [0, 0.05) is 12.6 Å². The molecule has 6 nitrogen and oxygen atoms in total. The van der Waals surface area contributed by atoms with Crippen LogP contribution in [-0.4, -0.2) is 50.0 Å². The normalized spacial score (nSPS) is 17.7. The van der Waals surface area contributed by atoms with Crippen molar-refractivity contribution in [2.24, 2.45) is 0 Å². The highest BCUT2D eigenvalue weighted by atomic mass is 32.2. The van der Waals surface area contributed by atoms with Crippen LogP contribution in [-0.2, 0) is 21.2 Å². The first kappa shape index (κ1) is 21.2. The Balaban J connectivity index is 1.72. The van der Waals surface area contributed by atoms with Crippen LogP contribution >= 0.6 is 0 Å². The molecule has 156 valence electrons. The third kappa shape index (κ3) is 5.97. The number of benzene rings is 2. The Morgan fingerprint density at radius 1 is 1.10 bits per heavy atom. The van der Waals surface area contributed by atoms with Crippen LogP contribution < -0.4 is 9.47 Å². The van der Waals surface area contributed by atoms with E-state index in [4.69, 9.17) is 9.47 Å². The van der Waals surface area contributed by atoms with E-state index < -0.39 is 9.84 Å². The van der Waals surface area contributed by atoms with Crippen molar-refractivity contribution in [3.05, 3.63) is 59.7 Å². The SMILES string of the molecule is CCOc1ccc(CN(C(=O)COc2cccc(C)c2)C2CCS(=O)(=O)C2)cc1. The Morgan fingerprint density at radius 2 is 1.86 bits per heavy atom. The molecule has 1 atom stereocenters. The van der Waals surface area contributed by atoms with Gasteiger partial charge in [0.2, 0.25) is 0 Å². The van der Waals surface area contributed by atoms with Crippen molar-refractivity contribution in [3.63, 3.8) is 0 Å². The molecule has 0 saturated carbocycles. The maximum atomic E-state index is 13.0. The van der Waals surface area contributed by atoms with Gasteiger partial charge in [0.05, 0.1) is 18.1 Å². The van der Waals surface area contributed by atoms with E-state index in [0.29, 0.717) is 25.3 Å². The molecule has 0 aromatic heterocycles. The summed E-state index contributed by atoms with van der Waals surface area (Å²) in [6.07, 6.45) is 0.454. The molecule has 1 unspecified atom stereocenters. The van der Waals surface area contributed by atoms with Gasteiger partial charge in [-0.3, -0.25) is 4.79 Å². The largest absolute Gasteiger partial charge is 0.494 e. The number of carbonyl (C=O) groups excluding carboxylic acids is 1. The van der Waals surface area contributed by atoms with Gasteiger partial charge in [-0.25, -0.2) is 8.42 Å². The number of aryl methyl sites for hydroxylation is 1. The van der Waals surface area contributed by atoms with Gasteiger partial charge >= 0.3 is 0 Å². The number of hydrogen-bond acceptors (Lipinski definition) is 5. The summed E-state index contributed by atoms with van der Waals surface area (Å²) in [4.78, 5) is 14.6. The molecule has 2 aromatic carbocycles. The van der Waals surface area contributed by atoms with E-state index >= 15 is 0 Å². The number of carbonyl (C=O) groups is 1. The molecule has 7 heteroatoms. The molecule has 1 aliphatic rings. The van der Waals surface area contributed by atoms with Crippen LogP contribution in [0.2, 0.25) is 0 Å². The van der Waals surface area contributed by atoms with Gasteiger partial charge in [0.1, 0.15) is 11.5 Å². The van der Waals surface area contributed by atoms with Crippen LogP contribution in [0.25, 0.3) is 0 Å². The van der Waals surface area contributed by atoms with Crippen molar-refractivity contribution in [2.75, 3.05) is 24.7 Å². The number of sulfone groups is 1. The lowest BCUT2D eigenvalue weighted by atomic mass is 10.1. The van der Waals surface area contributed by atoms with E-state index in [1.807, 2.05) is 56.3 Å². The average Bonchev–Trinajstić information content (AvgIpc) is 3.05. The van der Waals surface area contributed by atoms with Crippen LogP contribution in [0.15, 0.2) is 48.5 Å². The summed E-state index contributed by atoms with van der Waals surface area (Å²) in [5, 5.41) is 0. The van der Waals surface area contributed by atoms with Crippen molar-refractivity contribution >= 4 is 15.7 Å². The number of amides is 1. The van der Waals surface area contributed by atoms with Crippen molar-refractivity contribution < 1.29 is 22.7 Å². The molecule has 0 N–H and O–H groups in total. The molecule has 29 heavy (non-hydrogen) atoms. The smallest absolute Gasteiger partial charge is 0.261 e. The minimum Gasteiger partial charge on any atom is -0.494 e. The van der Waals surface area contributed by atoms with Gasteiger partial charge in [-0.2, -0.15) is 0 Å². The summed E-state index contributed by atoms with van der Waals surface area (Å²) in [5.74, 6) is 1.28. The summed E-state index contributed by atoms with van der Waals surface area (Å²) in [5.41, 5.74) is 1.96. The first-order valence-electron chi connectivity index (χ1n) is 9.77. The summed E-state index contributed by atoms with van der Waals surface area (Å²) in [6, 6.07) is 14.7. The van der Waals surface area contributed by atoms with E-state index in [-0.39, 0.29) is 30.1 Å². The predicted octanol–water partition coefficient (Wildman–Crippen LogP) is 2.99. The zero-order chi connectivity index (χ0) is 20.9. The predicted molar refractivity (Wildman–Crippen MR) is 112 cm³/mol. The van der Waals surface area contributed by atoms with Gasteiger partial charge in [-0.1, -0.05) is 24.3 Å². The third-order valence-corrected chi connectivity index (χ3v) is 6.66. The number of ether oxygens (including phenoxy) is 2. The average molecular weight is 418 g/mol. The quantitative estimate of drug-likeness (QED) is 0.660. The molecular formula is C22H27NO5S. The lowest BCUT2D eigenvalue weighted by molar-refractivity contribution is -0.136. The summed E-state index contributed by atoms with van der Waals surface area (Å²) >= 11 is 0. The van der Waals surface area contributed by atoms with Gasteiger partial charge < -0.3 is 14.4 Å². The second-order valence-corrected chi connectivity index (χ2v) is 9.49. The van der Waals surface area contributed by atoms with E-state index in [1.165, 1.54) is 0 Å².